The average Bonchev–Trinajstić information content (AvgIpc) is 3.28. The van der Waals surface area contributed by atoms with Crippen LogP contribution in [0.1, 0.15) is 29.0 Å². The Morgan fingerprint density at radius 3 is 2.64 bits per heavy atom. The van der Waals surface area contributed by atoms with Gasteiger partial charge in [-0.15, -0.1) is 11.3 Å². The third-order valence-corrected chi connectivity index (χ3v) is 7.06. The number of ether oxygens (including phenoxy) is 2. The van der Waals surface area contributed by atoms with Gasteiger partial charge < -0.3 is 29.9 Å². The second kappa shape index (κ2) is 10.5. The van der Waals surface area contributed by atoms with Crippen LogP contribution < -0.4 is 4.74 Å². The first-order valence-corrected chi connectivity index (χ1v) is 11.9. The van der Waals surface area contributed by atoms with E-state index in [-0.39, 0.29) is 0 Å². The molecule has 1 aliphatic heterocycles. The summed E-state index contributed by atoms with van der Waals surface area (Å²) in [6.45, 7) is 1.99. The van der Waals surface area contributed by atoms with Crippen molar-refractivity contribution in [2.24, 2.45) is 0 Å². The summed E-state index contributed by atoms with van der Waals surface area (Å²) in [6, 6.07) is 14.9. The van der Waals surface area contributed by atoms with E-state index < -0.39 is 37.1 Å². The fourth-order valence-electron chi connectivity index (χ4n) is 3.86. The molecule has 1 aromatic carbocycles. The van der Waals surface area contributed by atoms with Crippen LogP contribution in [0, 0.1) is 0 Å². The van der Waals surface area contributed by atoms with E-state index in [0.29, 0.717) is 29.5 Å². The molecule has 7 nitrogen and oxygen atoms in total. The smallest absolute Gasteiger partial charge is 0.213 e. The van der Waals surface area contributed by atoms with Gasteiger partial charge in [0, 0.05) is 22.4 Å². The van der Waals surface area contributed by atoms with Gasteiger partial charge in [0.25, 0.3) is 0 Å². The Kier molecular flexibility index (Phi) is 7.65. The normalized spacial score (nSPS) is 25.2. The predicted molar refractivity (Wildman–Crippen MR) is 126 cm³/mol. The summed E-state index contributed by atoms with van der Waals surface area (Å²) in [4.78, 5) is 6.61. The van der Waals surface area contributed by atoms with Crippen LogP contribution in [0.5, 0.6) is 5.88 Å². The van der Waals surface area contributed by atoms with E-state index in [2.05, 4.69) is 4.98 Å². The zero-order valence-corrected chi connectivity index (χ0v) is 19.5. The second-order valence-corrected chi connectivity index (χ2v) is 9.41. The lowest BCUT2D eigenvalue weighted by molar-refractivity contribution is -0.231. The molecular weight excluding hydrogens is 466 g/mol. The number of nitrogens with zero attached hydrogens (tertiary/aromatic N) is 1. The maximum atomic E-state index is 10.4. The van der Waals surface area contributed by atoms with Crippen molar-refractivity contribution < 1.29 is 29.9 Å². The molecular formula is C24H26ClNO6S. The first-order valence-electron chi connectivity index (χ1n) is 10.7. The van der Waals surface area contributed by atoms with Gasteiger partial charge in [-0.25, -0.2) is 4.98 Å². The number of hydrogen-bond acceptors (Lipinski definition) is 8. The van der Waals surface area contributed by atoms with Crippen molar-refractivity contribution in [3.63, 3.8) is 0 Å². The summed E-state index contributed by atoms with van der Waals surface area (Å²) in [5, 5.41) is 40.6. The molecule has 0 amide bonds. The van der Waals surface area contributed by atoms with Gasteiger partial charge in [-0.3, -0.25) is 0 Å². The zero-order valence-electron chi connectivity index (χ0n) is 18.0. The van der Waals surface area contributed by atoms with Crippen LogP contribution in [0.4, 0.5) is 0 Å². The Hall–Kier alpha value is -2.04. The lowest BCUT2D eigenvalue weighted by Gasteiger charge is -2.40. The van der Waals surface area contributed by atoms with Crippen molar-refractivity contribution in [3.05, 3.63) is 69.6 Å². The summed E-state index contributed by atoms with van der Waals surface area (Å²) in [5.74, 6) is 0.584. The van der Waals surface area contributed by atoms with E-state index in [1.807, 2.05) is 43.3 Å². The maximum Gasteiger partial charge on any atom is 0.213 e. The highest BCUT2D eigenvalue weighted by Gasteiger charge is 2.44. The van der Waals surface area contributed by atoms with Crippen molar-refractivity contribution in [1.82, 2.24) is 4.98 Å². The van der Waals surface area contributed by atoms with Crippen LogP contribution in [-0.4, -0.2) is 63.0 Å². The number of aliphatic hydroxyl groups is 4. The summed E-state index contributed by atoms with van der Waals surface area (Å²) < 4.78 is 11.2. The molecule has 5 atom stereocenters. The highest BCUT2D eigenvalue weighted by molar-refractivity contribution is 7.15. The SMILES string of the molecule is CCOc1cccc(-c2ccc(Cc3cc([C@@H]4O[C@H](CO)[C@@H](O)[C@H](O)[C@H]4O)ccc3Cl)s2)n1. The molecule has 0 bridgehead atoms. The number of benzene rings is 1. The van der Waals surface area contributed by atoms with Crippen molar-refractivity contribution in [1.29, 1.82) is 0 Å². The van der Waals surface area contributed by atoms with Gasteiger partial charge in [-0.05, 0) is 42.3 Å². The number of pyridine rings is 1. The van der Waals surface area contributed by atoms with E-state index in [1.54, 1.807) is 23.5 Å². The standard InChI is InChI=1S/C24H26ClNO6S/c1-2-31-20-5-3-4-17(26-20)19-9-7-15(33-19)11-14-10-13(6-8-16(14)25)24-23(30)22(29)21(28)18(12-27)32-24/h3-10,18,21-24,27-30H,2,11-12H2,1H3/t18-,21-,22+,23-,24+/m1/s1. The fourth-order valence-corrected chi connectivity index (χ4v) is 5.05. The largest absolute Gasteiger partial charge is 0.478 e. The summed E-state index contributed by atoms with van der Waals surface area (Å²) in [6.07, 6.45) is -5.48. The van der Waals surface area contributed by atoms with Gasteiger partial charge in [-0.2, -0.15) is 0 Å². The Morgan fingerprint density at radius 2 is 1.88 bits per heavy atom. The number of halogens is 1. The van der Waals surface area contributed by atoms with Gasteiger partial charge in [0.05, 0.1) is 23.8 Å². The fraction of sp³-hybridized carbons (Fsp3) is 0.375. The first-order chi connectivity index (χ1) is 15.9. The molecule has 1 aliphatic rings. The van der Waals surface area contributed by atoms with Crippen LogP contribution in [0.15, 0.2) is 48.5 Å². The molecule has 0 unspecified atom stereocenters. The summed E-state index contributed by atoms with van der Waals surface area (Å²) in [5.41, 5.74) is 2.27. The zero-order chi connectivity index (χ0) is 23.5. The van der Waals surface area contributed by atoms with Crippen molar-refractivity contribution in [2.45, 2.75) is 43.9 Å². The van der Waals surface area contributed by atoms with Gasteiger partial charge in [-0.1, -0.05) is 29.8 Å². The highest BCUT2D eigenvalue weighted by atomic mass is 35.5. The molecule has 9 heteroatoms. The average molecular weight is 492 g/mol. The summed E-state index contributed by atoms with van der Waals surface area (Å²) >= 11 is 8.05. The molecule has 0 saturated carbocycles. The van der Waals surface area contributed by atoms with E-state index in [9.17, 15) is 20.4 Å². The molecule has 176 valence electrons. The Bertz CT molecular complexity index is 1090. The molecule has 2 aromatic heterocycles. The maximum absolute atomic E-state index is 10.4. The minimum Gasteiger partial charge on any atom is -0.478 e. The Morgan fingerprint density at radius 1 is 1.06 bits per heavy atom. The number of aliphatic hydroxyl groups excluding tert-OH is 4. The molecule has 33 heavy (non-hydrogen) atoms. The van der Waals surface area contributed by atoms with Crippen molar-refractivity contribution in [3.8, 4) is 16.5 Å². The van der Waals surface area contributed by atoms with Gasteiger partial charge in [0.1, 0.15) is 30.5 Å². The number of aromatic nitrogens is 1. The second-order valence-electron chi connectivity index (χ2n) is 7.84. The summed E-state index contributed by atoms with van der Waals surface area (Å²) in [7, 11) is 0. The molecule has 1 saturated heterocycles. The monoisotopic (exact) mass is 491 g/mol. The molecule has 1 fully saturated rings. The van der Waals surface area contributed by atoms with E-state index in [1.165, 1.54) is 0 Å². The highest BCUT2D eigenvalue weighted by Crippen LogP contribution is 2.35. The third-order valence-electron chi connectivity index (χ3n) is 5.59. The van der Waals surface area contributed by atoms with Gasteiger partial charge >= 0.3 is 0 Å². The minimum absolute atomic E-state index is 0.474. The minimum atomic E-state index is -1.43. The molecule has 3 heterocycles. The van der Waals surface area contributed by atoms with Gasteiger partial charge in [0.2, 0.25) is 5.88 Å². The lowest BCUT2D eigenvalue weighted by atomic mass is 9.90. The number of hydrogen-bond donors (Lipinski definition) is 4. The topological polar surface area (TPSA) is 112 Å². The van der Waals surface area contributed by atoms with Crippen LogP contribution in [0.25, 0.3) is 10.6 Å². The van der Waals surface area contributed by atoms with Crippen molar-refractivity contribution in [2.75, 3.05) is 13.2 Å². The lowest BCUT2D eigenvalue weighted by Crippen LogP contribution is -2.55. The van der Waals surface area contributed by atoms with E-state index in [0.717, 1.165) is 21.0 Å². The molecule has 4 N–H and O–H groups in total. The third kappa shape index (κ3) is 5.22. The van der Waals surface area contributed by atoms with Gasteiger partial charge in [0.15, 0.2) is 0 Å². The number of thiophene rings is 1. The molecule has 0 aliphatic carbocycles. The van der Waals surface area contributed by atoms with Crippen molar-refractivity contribution >= 4 is 22.9 Å². The molecule has 4 rings (SSSR count). The predicted octanol–water partition coefficient (Wildman–Crippen LogP) is 2.97. The van der Waals surface area contributed by atoms with Crippen LogP contribution in [0.3, 0.4) is 0 Å². The van der Waals surface area contributed by atoms with Crippen LogP contribution >= 0.6 is 22.9 Å². The Labute approximate surface area is 200 Å². The van der Waals surface area contributed by atoms with Crippen LogP contribution in [-0.2, 0) is 11.2 Å². The molecule has 0 spiro atoms. The quantitative estimate of drug-likeness (QED) is 0.402. The molecule has 3 aromatic rings. The van der Waals surface area contributed by atoms with Crippen LogP contribution in [0.2, 0.25) is 5.02 Å². The van der Waals surface area contributed by atoms with E-state index in [4.69, 9.17) is 21.1 Å². The Balaban J connectivity index is 1.55. The molecule has 0 radical (unpaired) electrons. The first kappa shape index (κ1) is 24.1. The number of rotatable bonds is 7. The van der Waals surface area contributed by atoms with E-state index >= 15 is 0 Å².